The molecule has 0 rings (SSSR count). The molecule has 0 aliphatic rings. The van der Waals surface area contributed by atoms with Crippen molar-refractivity contribution in [2.75, 3.05) is 19.8 Å². The second-order valence-electron chi connectivity index (χ2n) is 0.921. The second kappa shape index (κ2) is 15.9. The van der Waals surface area contributed by atoms with E-state index in [9.17, 15) is 0 Å². The molecule has 0 aromatic carbocycles. The molecule has 0 amide bonds. The van der Waals surface area contributed by atoms with Crippen LogP contribution in [0.25, 0.3) is 0 Å². The summed E-state index contributed by atoms with van der Waals surface area (Å²) in [6.07, 6.45) is 0. The molecule has 8 heavy (non-hydrogen) atoms. The van der Waals surface area contributed by atoms with Crippen molar-refractivity contribution >= 4 is 0 Å². The molecule has 0 aliphatic carbocycles. The minimum absolute atomic E-state index is 0.133. The molecule has 0 aliphatic heterocycles. The van der Waals surface area contributed by atoms with Crippen molar-refractivity contribution in [2.45, 2.75) is 6.92 Å². The maximum atomic E-state index is 8.07. The van der Waals surface area contributed by atoms with Gasteiger partial charge in [0.15, 0.2) is 0 Å². The number of rotatable bonds is 3. The molecule has 0 saturated heterocycles. The van der Waals surface area contributed by atoms with Gasteiger partial charge in [-0.1, -0.05) is 0 Å². The summed E-state index contributed by atoms with van der Waals surface area (Å²) in [5.74, 6) is 0. The standard InChI is InChI=1S/C4H10O2.C2H4/c1-2-6-4-3-5;1-2/h5H,2-4H2,1H3;1-2H2. The van der Waals surface area contributed by atoms with E-state index in [0.717, 1.165) is 0 Å². The van der Waals surface area contributed by atoms with Crippen molar-refractivity contribution in [1.29, 1.82) is 0 Å². The maximum Gasteiger partial charge on any atom is 0.0697 e. The van der Waals surface area contributed by atoms with E-state index in [2.05, 4.69) is 13.2 Å². The molecule has 2 heteroatoms. The van der Waals surface area contributed by atoms with Crippen LogP contribution in [0.2, 0.25) is 0 Å². The summed E-state index contributed by atoms with van der Waals surface area (Å²) in [7, 11) is 0. The molecule has 2 nitrogen and oxygen atoms in total. The summed E-state index contributed by atoms with van der Waals surface area (Å²) in [5.41, 5.74) is 0. The van der Waals surface area contributed by atoms with Crippen LogP contribution >= 0.6 is 0 Å². The summed E-state index contributed by atoms with van der Waals surface area (Å²) in [4.78, 5) is 0. The van der Waals surface area contributed by atoms with Gasteiger partial charge in [-0.15, -0.1) is 13.2 Å². The Kier molecular flexibility index (Phi) is 21.1. The molecule has 0 radical (unpaired) electrons. The summed E-state index contributed by atoms with van der Waals surface area (Å²) >= 11 is 0. The molecule has 0 bridgehead atoms. The first-order chi connectivity index (χ1) is 3.91. The molecule has 0 unspecified atom stereocenters. The van der Waals surface area contributed by atoms with Crippen LogP contribution < -0.4 is 0 Å². The summed E-state index contributed by atoms with van der Waals surface area (Å²) in [5, 5.41) is 8.07. The molecular weight excluding hydrogens is 104 g/mol. The first kappa shape index (κ1) is 10.6. The quantitative estimate of drug-likeness (QED) is 0.439. The number of ether oxygens (including phenoxy) is 1. The Bertz CT molecular complexity index is 25.7. The molecule has 0 heterocycles. The third-order valence-corrected chi connectivity index (χ3v) is 0.440. The fourth-order valence-corrected chi connectivity index (χ4v) is 0.209. The van der Waals surface area contributed by atoms with Crippen LogP contribution in [-0.2, 0) is 4.74 Å². The Morgan fingerprint density at radius 2 is 2.00 bits per heavy atom. The predicted octanol–water partition coefficient (Wildman–Crippen LogP) is 0.817. The lowest BCUT2D eigenvalue weighted by atomic mass is 10.8. The number of hydrogen-bond acceptors (Lipinski definition) is 2. The monoisotopic (exact) mass is 118 g/mol. The van der Waals surface area contributed by atoms with Gasteiger partial charge in [-0.25, -0.2) is 0 Å². The third kappa shape index (κ3) is 17.4. The molecule has 0 aromatic rings. The van der Waals surface area contributed by atoms with E-state index < -0.39 is 0 Å². The van der Waals surface area contributed by atoms with Gasteiger partial charge in [0.05, 0.1) is 13.2 Å². The molecule has 1 N–H and O–H groups in total. The van der Waals surface area contributed by atoms with Crippen molar-refractivity contribution in [1.82, 2.24) is 0 Å². The van der Waals surface area contributed by atoms with Gasteiger partial charge < -0.3 is 9.84 Å². The molecule has 0 atom stereocenters. The van der Waals surface area contributed by atoms with Crippen LogP contribution in [0, 0.1) is 0 Å². The Hall–Kier alpha value is -0.340. The van der Waals surface area contributed by atoms with E-state index in [1.165, 1.54) is 0 Å². The van der Waals surface area contributed by atoms with Gasteiger partial charge in [-0.05, 0) is 6.92 Å². The molecule has 0 fully saturated rings. The SMILES string of the molecule is C=C.CCOCCO. The zero-order chi connectivity index (χ0) is 6.83. The third-order valence-electron chi connectivity index (χ3n) is 0.440. The van der Waals surface area contributed by atoms with Crippen LogP contribution in [0.3, 0.4) is 0 Å². The van der Waals surface area contributed by atoms with Crippen LogP contribution in [0.4, 0.5) is 0 Å². The highest BCUT2D eigenvalue weighted by Crippen LogP contribution is 1.66. The zero-order valence-corrected chi connectivity index (χ0v) is 5.39. The first-order valence-corrected chi connectivity index (χ1v) is 2.60. The van der Waals surface area contributed by atoms with Gasteiger partial charge in [0, 0.05) is 6.61 Å². The predicted molar refractivity (Wildman–Crippen MR) is 34.8 cm³/mol. The highest BCUT2D eigenvalue weighted by atomic mass is 16.5. The molecule has 50 valence electrons. The van der Waals surface area contributed by atoms with Gasteiger partial charge >= 0.3 is 0 Å². The van der Waals surface area contributed by atoms with Gasteiger partial charge in [0.2, 0.25) is 0 Å². The van der Waals surface area contributed by atoms with Gasteiger partial charge in [-0.3, -0.25) is 0 Å². The maximum absolute atomic E-state index is 8.07. The van der Waals surface area contributed by atoms with E-state index in [4.69, 9.17) is 9.84 Å². The van der Waals surface area contributed by atoms with Gasteiger partial charge in [0.25, 0.3) is 0 Å². The molecule has 0 spiro atoms. The summed E-state index contributed by atoms with van der Waals surface area (Å²) in [6, 6.07) is 0. The first-order valence-electron chi connectivity index (χ1n) is 2.60. The highest BCUT2D eigenvalue weighted by Gasteiger charge is 1.73. The summed E-state index contributed by atoms with van der Waals surface area (Å²) in [6.45, 7) is 9.20. The average Bonchev–Trinajstić information content (AvgIpc) is 1.88. The minimum atomic E-state index is 0.133. The van der Waals surface area contributed by atoms with E-state index in [1.54, 1.807) is 0 Å². The Balaban J connectivity index is 0. The van der Waals surface area contributed by atoms with Crippen molar-refractivity contribution in [2.24, 2.45) is 0 Å². The lowest BCUT2D eigenvalue weighted by molar-refractivity contribution is 0.102. The van der Waals surface area contributed by atoms with Crippen LogP contribution in [-0.4, -0.2) is 24.9 Å². The zero-order valence-electron chi connectivity index (χ0n) is 5.39. The normalized spacial score (nSPS) is 7.25. The molecule has 0 saturated carbocycles. The highest BCUT2D eigenvalue weighted by molar-refractivity contribution is 4.22. The minimum Gasteiger partial charge on any atom is -0.394 e. The van der Waals surface area contributed by atoms with Crippen LogP contribution in [0.1, 0.15) is 6.92 Å². The Morgan fingerprint density at radius 3 is 2.12 bits per heavy atom. The number of aliphatic hydroxyl groups is 1. The van der Waals surface area contributed by atoms with Crippen molar-refractivity contribution < 1.29 is 9.84 Å². The van der Waals surface area contributed by atoms with E-state index in [0.29, 0.717) is 13.2 Å². The van der Waals surface area contributed by atoms with E-state index >= 15 is 0 Å². The Labute approximate surface area is 50.8 Å². The largest absolute Gasteiger partial charge is 0.394 e. The van der Waals surface area contributed by atoms with Gasteiger partial charge in [-0.2, -0.15) is 0 Å². The number of hydrogen-bond donors (Lipinski definition) is 1. The Morgan fingerprint density at radius 1 is 1.50 bits per heavy atom. The van der Waals surface area contributed by atoms with E-state index in [-0.39, 0.29) is 6.61 Å². The molecular formula is C6H14O2. The number of aliphatic hydroxyl groups excluding tert-OH is 1. The fraction of sp³-hybridized carbons (Fsp3) is 0.667. The molecule has 0 aromatic heterocycles. The van der Waals surface area contributed by atoms with Crippen LogP contribution in [0.5, 0.6) is 0 Å². The van der Waals surface area contributed by atoms with Crippen LogP contribution in [0.15, 0.2) is 13.2 Å². The lowest BCUT2D eigenvalue weighted by Crippen LogP contribution is -1.96. The topological polar surface area (TPSA) is 29.5 Å². The fourth-order valence-electron chi connectivity index (χ4n) is 0.209. The lowest BCUT2D eigenvalue weighted by Gasteiger charge is -1.91. The summed E-state index contributed by atoms with van der Waals surface area (Å²) < 4.78 is 4.73. The second-order valence-corrected chi connectivity index (χ2v) is 0.921. The van der Waals surface area contributed by atoms with Crippen molar-refractivity contribution in [3.8, 4) is 0 Å². The van der Waals surface area contributed by atoms with E-state index in [1.807, 2.05) is 6.92 Å². The smallest absolute Gasteiger partial charge is 0.0697 e. The average molecular weight is 118 g/mol. The van der Waals surface area contributed by atoms with Crippen molar-refractivity contribution in [3.63, 3.8) is 0 Å². The van der Waals surface area contributed by atoms with Gasteiger partial charge in [0.1, 0.15) is 0 Å². The van der Waals surface area contributed by atoms with Crippen molar-refractivity contribution in [3.05, 3.63) is 13.2 Å².